The van der Waals surface area contributed by atoms with E-state index in [0.29, 0.717) is 23.5 Å². The third kappa shape index (κ3) is 6.75. The summed E-state index contributed by atoms with van der Waals surface area (Å²) in [6.07, 6.45) is 3.51. The molecule has 35 heavy (non-hydrogen) atoms. The molecule has 1 saturated heterocycles. The standard InChI is InChI=1S/C24H31N7O4/c1-4-5-14(2)27-24(25)28-15(3)26-11-10-21(33)29-17-6-7-18-16(12-17)13-31(23(18)35)19-8-9-20(32)30-22(19)34/h5-7,12,19H,4,8-11,13H2,1-3H3,(H,29,33)(H,30,32,34)(H3,25,26,27,28)/b14-5+. The lowest BCUT2D eigenvalue weighted by atomic mass is 10.0. The molecular weight excluding hydrogens is 450 g/mol. The van der Waals surface area contributed by atoms with Crippen molar-refractivity contribution in [1.29, 1.82) is 0 Å². The number of benzene rings is 1. The molecule has 2 heterocycles. The molecule has 0 saturated carbocycles. The molecule has 3 rings (SSSR count). The molecule has 2 aliphatic heterocycles. The van der Waals surface area contributed by atoms with Crippen LogP contribution in [-0.4, -0.2) is 52.9 Å². The lowest BCUT2D eigenvalue weighted by Crippen LogP contribution is -2.52. The average Bonchev–Trinajstić information content (AvgIpc) is 3.09. The number of fused-ring (bicyclic) bond motifs is 1. The Morgan fingerprint density at radius 3 is 2.77 bits per heavy atom. The van der Waals surface area contributed by atoms with Gasteiger partial charge in [0.15, 0.2) is 5.96 Å². The number of carbonyl (C=O) groups is 4. The Bertz CT molecular complexity index is 1120. The van der Waals surface area contributed by atoms with Gasteiger partial charge in [-0.15, -0.1) is 0 Å². The normalized spacial score (nSPS) is 18.9. The molecule has 186 valence electrons. The van der Waals surface area contributed by atoms with E-state index in [1.807, 2.05) is 19.9 Å². The first-order valence-corrected chi connectivity index (χ1v) is 11.5. The molecule has 1 aromatic carbocycles. The summed E-state index contributed by atoms with van der Waals surface area (Å²) in [6, 6.07) is 4.35. The number of nitrogens with two attached hydrogens (primary N) is 1. The summed E-state index contributed by atoms with van der Waals surface area (Å²) in [4.78, 5) is 58.6. The van der Waals surface area contributed by atoms with Crippen molar-refractivity contribution in [3.63, 3.8) is 0 Å². The Labute approximate surface area is 203 Å². The summed E-state index contributed by atoms with van der Waals surface area (Å²) in [5, 5.41) is 8.05. The molecule has 1 aromatic rings. The van der Waals surface area contributed by atoms with E-state index < -0.39 is 11.9 Å². The molecule has 0 aromatic heterocycles. The molecule has 2 aliphatic rings. The number of carbonyl (C=O) groups excluding carboxylic acids is 4. The molecule has 0 aliphatic carbocycles. The summed E-state index contributed by atoms with van der Waals surface area (Å²) in [5.74, 6) is -0.586. The predicted octanol–water partition coefficient (Wildman–Crippen LogP) is 1.41. The second-order valence-corrected chi connectivity index (χ2v) is 8.42. The van der Waals surface area contributed by atoms with Gasteiger partial charge in [0.05, 0.1) is 0 Å². The molecular formula is C24H31N7O4. The highest BCUT2D eigenvalue weighted by Crippen LogP contribution is 2.29. The number of piperidine rings is 1. The quantitative estimate of drug-likeness (QED) is 0.262. The molecule has 0 spiro atoms. The van der Waals surface area contributed by atoms with Crippen LogP contribution in [0.2, 0.25) is 0 Å². The Kier molecular flexibility index (Phi) is 8.34. The van der Waals surface area contributed by atoms with Crippen LogP contribution in [0.4, 0.5) is 5.69 Å². The highest BCUT2D eigenvalue weighted by molar-refractivity contribution is 6.05. The highest BCUT2D eigenvalue weighted by Gasteiger charge is 2.39. The number of rotatable bonds is 7. The van der Waals surface area contributed by atoms with Crippen LogP contribution >= 0.6 is 0 Å². The van der Waals surface area contributed by atoms with Crippen LogP contribution in [0.1, 0.15) is 62.4 Å². The number of amides is 4. The second kappa shape index (κ2) is 11.4. The van der Waals surface area contributed by atoms with Crippen LogP contribution < -0.4 is 21.7 Å². The van der Waals surface area contributed by atoms with Crippen molar-refractivity contribution >= 4 is 41.1 Å². The third-order valence-corrected chi connectivity index (χ3v) is 5.60. The van der Waals surface area contributed by atoms with Gasteiger partial charge in [-0.2, -0.15) is 0 Å². The third-order valence-electron chi connectivity index (χ3n) is 5.60. The van der Waals surface area contributed by atoms with Gasteiger partial charge in [-0.25, -0.2) is 4.99 Å². The van der Waals surface area contributed by atoms with Gasteiger partial charge >= 0.3 is 0 Å². The molecule has 1 fully saturated rings. The van der Waals surface area contributed by atoms with Gasteiger partial charge in [0.2, 0.25) is 17.7 Å². The van der Waals surface area contributed by atoms with Crippen LogP contribution in [0.15, 0.2) is 40.0 Å². The van der Waals surface area contributed by atoms with E-state index in [0.717, 1.165) is 17.7 Å². The van der Waals surface area contributed by atoms with Crippen LogP contribution in [0, 0.1) is 0 Å². The summed E-state index contributed by atoms with van der Waals surface area (Å²) in [7, 11) is 0. The topological polar surface area (TPSA) is 158 Å². The van der Waals surface area contributed by atoms with Crippen LogP contribution in [0.3, 0.4) is 0 Å². The molecule has 11 nitrogen and oxygen atoms in total. The minimum atomic E-state index is -0.676. The van der Waals surface area contributed by atoms with E-state index in [2.05, 4.69) is 25.9 Å². The van der Waals surface area contributed by atoms with Gasteiger partial charge in [0.25, 0.3) is 5.91 Å². The average molecular weight is 482 g/mol. The molecule has 0 radical (unpaired) electrons. The summed E-state index contributed by atoms with van der Waals surface area (Å²) >= 11 is 0. The lowest BCUT2D eigenvalue weighted by molar-refractivity contribution is -0.137. The fourth-order valence-electron chi connectivity index (χ4n) is 3.99. The second-order valence-electron chi connectivity index (χ2n) is 8.42. The first-order chi connectivity index (χ1) is 16.7. The monoisotopic (exact) mass is 481 g/mol. The summed E-state index contributed by atoms with van der Waals surface area (Å²) in [5.41, 5.74) is 8.50. The zero-order valence-electron chi connectivity index (χ0n) is 20.2. The number of amidine groups is 1. The first-order valence-electron chi connectivity index (χ1n) is 11.5. The van der Waals surface area contributed by atoms with Gasteiger partial charge < -0.3 is 21.3 Å². The summed E-state index contributed by atoms with van der Waals surface area (Å²) < 4.78 is 0. The number of hydrogen-bond donors (Lipinski definition) is 4. The Morgan fingerprint density at radius 2 is 2.06 bits per heavy atom. The number of allylic oxidation sites excluding steroid dienone is 2. The van der Waals surface area contributed by atoms with E-state index >= 15 is 0 Å². The lowest BCUT2D eigenvalue weighted by Gasteiger charge is -2.29. The number of nitrogens with one attached hydrogen (secondary N) is 3. The van der Waals surface area contributed by atoms with Gasteiger partial charge in [-0.1, -0.05) is 13.0 Å². The highest BCUT2D eigenvalue weighted by atomic mass is 16.2. The van der Waals surface area contributed by atoms with E-state index in [9.17, 15) is 19.2 Å². The van der Waals surface area contributed by atoms with E-state index in [4.69, 9.17) is 5.73 Å². The van der Waals surface area contributed by atoms with E-state index in [1.54, 1.807) is 25.1 Å². The van der Waals surface area contributed by atoms with Crippen LogP contribution in [0.5, 0.6) is 0 Å². The van der Waals surface area contributed by atoms with Crippen molar-refractivity contribution in [1.82, 2.24) is 15.5 Å². The predicted molar refractivity (Wildman–Crippen MR) is 133 cm³/mol. The van der Waals surface area contributed by atoms with Crippen molar-refractivity contribution < 1.29 is 19.2 Å². The Morgan fingerprint density at radius 1 is 1.29 bits per heavy atom. The zero-order valence-corrected chi connectivity index (χ0v) is 20.2. The van der Waals surface area contributed by atoms with E-state index in [-0.39, 0.29) is 49.6 Å². The maximum atomic E-state index is 12.8. The van der Waals surface area contributed by atoms with Crippen LogP contribution in [0.25, 0.3) is 0 Å². The molecule has 5 N–H and O–H groups in total. The fourth-order valence-corrected chi connectivity index (χ4v) is 3.99. The van der Waals surface area contributed by atoms with Crippen molar-refractivity contribution in [3.8, 4) is 0 Å². The zero-order chi connectivity index (χ0) is 25.5. The number of nitrogens with zero attached hydrogens (tertiary/aromatic N) is 3. The first kappa shape index (κ1) is 25.6. The molecule has 11 heteroatoms. The minimum Gasteiger partial charge on any atom is -0.369 e. The van der Waals surface area contributed by atoms with Crippen molar-refractivity contribution in [2.75, 3.05) is 11.9 Å². The summed E-state index contributed by atoms with van der Waals surface area (Å²) in [6.45, 7) is 6.11. The fraction of sp³-hybridized carbons (Fsp3) is 0.417. The number of aliphatic imine (C=N–C) groups is 2. The molecule has 1 atom stereocenters. The van der Waals surface area contributed by atoms with Gasteiger partial charge in [0, 0.05) is 42.9 Å². The smallest absolute Gasteiger partial charge is 0.255 e. The maximum Gasteiger partial charge on any atom is 0.255 e. The Hall–Kier alpha value is -4.02. The number of guanidine groups is 1. The molecule has 1 unspecified atom stereocenters. The van der Waals surface area contributed by atoms with Crippen molar-refractivity contribution in [2.24, 2.45) is 15.7 Å². The molecule has 4 amide bonds. The number of anilines is 1. The van der Waals surface area contributed by atoms with Crippen LogP contribution in [-0.2, 0) is 20.9 Å². The largest absolute Gasteiger partial charge is 0.369 e. The van der Waals surface area contributed by atoms with Crippen molar-refractivity contribution in [3.05, 3.63) is 41.1 Å². The SMILES string of the molecule is CC/C=C(\C)NC(N)=NC(C)=NCCC(=O)Nc1ccc2c(c1)CN(C1CCC(=O)NC1=O)C2=O. The number of hydrogen-bond acceptors (Lipinski definition) is 5. The van der Waals surface area contributed by atoms with Gasteiger partial charge in [-0.3, -0.25) is 29.5 Å². The van der Waals surface area contributed by atoms with Gasteiger partial charge in [0.1, 0.15) is 11.9 Å². The minimum absolute atomic E-state index is 0.146. The Balaban J connectivity index is 1.53. The van der Waals surface area contributed by atoms with E-state index in [1.165, 1.54) is 4.90 Å². The van der Waals surface area contributed by atoms with Gasteiger partial charge in [-0.05, 0) is 50.5 Å². The molecule has 0 bridgehead atoms. The number of imide groups is 1. The van der Waals surface area contributed by atoms with Crippen molar-refractivity contribution in [2.45, 2.75) is 59.0 Å². The maximum absolute atomic E-state index is 12.8.